The first-order valence-electron chi connectivity index (χ1n) is 8.47. The Balaban J connectivity index is 1.75. The Morgan fingerprint density at radius 3 is 2.59 bits per heavy atom. The molecular weight excluding hydrogens is 274 g/mol. The summed E-state index contributed by atoms with van der Waals surface area (Å²) in [5.74, 6) is 0.307. The summed E-state index contributed by atoms with van der Waals surface area (Å²) in [6, 6.07) is 6.68. The van der Waals surface area contributed by atoms with Gasteiger partial charge in [0.1, 0.15) is 0 Å². The largest absolute Gasteiger partial charge is 0.331 e. The molecule has 2 aliphatic heterocycles. The van der Waals surface area contributed by atoms with E-state index in [1.165, 1.54) is 0 Å². The normalized spacial score (nSPS) is 22.0. The summed E-state index contributed by atoms with van der Waals surface area (Å²) in [6.07, 6.45) is 3.92. The molecule has 1 amide bonds. The van der Waals surface area contributed by atoms with E-state index >= 15 is 0 Å². The van der Waals surface area contributed by atoms with Crippen molar-refractivity contribution in [3.63, 3.8) is 0 Å². The first-order chi connectivity index (χ1) is 10.5. The monoisotopic (exact) mass is 301 g/mol. The molecule has 1 spiro atoms. The number of likely N-dealkylation sites (tertiary alicyclic amines) is 2. The van der Waals surface area contributed by atoms with Crippen LogP contribution < -0.4 is 0 Å². The number of pyridine rings is 1. The molecule has 0 unspecified atom stereocenters. The molecule has 2 aliphatic rings. The summed E-state index contributed by atoms with van der Waals surface area (Å²) < 4.78 is 0. The van der Waals surface area contributed by atoms with Crippen LogP contribution >= 0.6 is 0 Å². The van der Waals surface area contributed by atoms with Crippen LogP contribution in [0, 0.1) is 6.92 Å². The summed E-state index contributed by atoms with van der Waals surface area (Å²) >= 11 is 0. The SMILES string of the molecule is Cc1cccc(CN2C(=O)CCC23CCN(C(C)C)CC3)n1. The van der Waals surface area contributed by atoms with Crippen molar-refractivity contribution in [1.82, 2.24) is 14.8 Å². The van der Waals surface area contributed by atoms with Gasteiger partial charge in [0.2, 0.25) is 5.91 Å². The third-order valence-electron chi connectivity index (χ3n) is 5.40. The molecule has 0 saturated carbocycles. The van der Waals surface area contributed by atoms with E-state index in [2.05, 4.69) is 28.6 Å². The summed E-state index contributed by atoms with van der Waals surface area (Å²) in [7, 11) is 0. The van der Waals surface area contributed by atoms with Crippen LogP contribution in [0.5, 0.6) is 0 Å². The van der Waals surface area contributed by atoms with Crippen molar-refractivity contribution in [1.29, 1.82) is 0 Å². The Kier molecular flexibility index (Phi) is 4.22. The van der Waals surface area contributed by atoms with Gasteiger partial charge in [0.05, 0.1) is 12.2 Å². The lowest BCUT2D eigenvalue weighted by atomic mass is 9.84. The molecule has 3 heterocycles. The van der Waals surface area contributed by atoms with Crippen LogP contribution in [0.25, 0.3) is 0 Å². The van der Waals surface area contributed by atoms with E-state index in [-0.39, 0.29) is 5.54 Å². The predicted octanol–water partition coefficient (Wildman–Crippen LogP) is 2.76. The summed E-state index contributed by atoms with van der Waals surface area (Å²) in [5, 5.41) is 0. The highest BCUT2D eigenvalue weighted by atomic mass is 16.2. The van der Waals surface area contributed by atoms with Gasteiger partial charge in [-0.2, -0.15) is 0 Å². The molecule has 1 aromatic heterocycles. The molecule has 0 radical (unpaired) electrons. The van der Waals surface area contributed by atoms with Crippen molar-refractivity contribution >= 4 is 5.91 Å². The van der Waals surface area contributed by atoms with Crippen molar-refractivity contribution in [3.8, 4) is 0 Å². The fourth-order valence-electron chi connectivity index (χ4n) is 3.96. The van der Waals surface area contributed by atoms with Gasteiger partial charge in [-0.25, -0.2) is 0 Å². The maximum atomic E-state index is 12.4. The minimum absolute atomic E-state index is 0.0773. The summed E-state index contributed by atoms with van der Waals surface area (Å²) in [6.45, 7) is 9.39. The zero-order valence-electron chi connectivity index (χ0n) is 14.0. The average molecular weight is 301 g/mol. The molecule has 1 aromatic rings. The molecule has 0 bridgehead atoms. The highest BCUT2D eigenvalue weighted by Gasteiger charge is 2.46. The zero-order valence-corrected chi connectivity index (χ0v) is 14.0. The number of nitrogens with zero attached hydrogens (tertiary/aromatic N) is 3. The molecule has 0 N–H and O–H groups in total. The third-order valence-corrected chi connectivity index (χ3v) is 5.40. The maximum absolute atomic E-state index is 12.4. The lowest BCUT2D eigenvalue weighted by Gasteiger charge is -2.46. The number of piperidine rings is 1. The lowest BCUT2D eigenvalue weighted by molar-refractivity contribution is -0.133. The zero-order chi connectivity index (χ0) is 15.7. The van der Waals surface area contributed by atoms with Gasteiger partial charge in [-0.05, 0) is 52.2 Å². The molecule has 2 saturated heterocycles. The Bertz CT molecular complexity index is 547. The fourth-order valence-corrected chi connectivity index (χ4v) is 3.96. The van der Waals surface area contributed by atoms with Crippen LogP contribution in [-0.4, -0.2) is 45.4 Å². The van der Waals surface area contributed by atoms with Crippen molar-refractivity contribution in [2.24, 2.45) is 0 Å². The number of carbonyl (C=O) groups excluding carboxylic acids is 1. The number of aromatic nitrogens is 1. The van der Waals surface area contributed by atoms with Crippen LogP contribution in [0.1, 0.15) is 50.9 Å². The van der Waals surface area contributed by atoms with Crippen molar-refractivity contribution in [3.05, 3.63) is 29.6 Å². The molecular formula is C18H27N3O. The van der Waals surface area contributed by atoms with Gasteiger partial charge < -0.3 is 9.80 Å². The molecule has 0 aromatic carbocycles. The minimum atomic E-state index is 0.0773. The van der Waals surface area contributed by atoms with E-state index in [4.69, 9.17) is 0 Å². The number of carbonyl (C=O) groups is 1. The maximum Gasteiger partial charge on any atom is 0.223 e. The summed E-state index contributed by atoms with van der Waals surface area (Å²) in [5.41, 5.74) is 2.11. The van der Waals surface area contributed by atoms with E-state index < -0.39 is 0 Å². The van der Waals surface area contributed by atoms with Crippen LogP contribution in [0.3, 0.4) is 0 Å². The topological polar surface area (TPSA) is 36.4 Å². The van der Waals surface area contributed by atoms with Gasteiger partial charge in [0, 0.05) is 36.8 Å². The van der Waals surface area contributed by atoms with Gasteiger partial charge in [0.25, 0.3) is 0 Å². The van der Waals surface area contributed by atoms with Crippen molar-refractivity contribution in [2.75, 3.05) is 13.1 Å². The van der Waals surface area contributed by atoms with Crippen LogP contribution in [0.15, 0.2) is 18.2 Å². The lowest BCUT2D eigenvalue weighted by Crippen LogP contribution is -2.54. The smallest absolute Gasteiger partial charge is 0.223 e. The van der Waals surface area contributed by atoms with Crippen LogP contribution in [0.4, 0.5) is 0 Å². The number of aryl methyl sites for hydroxylation is 1. The number of hydrogen-bond acceptors (Lipinski definition) is 3. The fraction of sp³-hybridized carbons (Fsp3) is 0.667. The van der Waals surface area contributed by atoms with Crippen LogP contribution in [0.2, 0.25) is 0 Å². The van der Waals surface area contributed by atoms with Crippen molar-refractivity contribution in [2.45, 2.75) is 64.6 Å². The highest BCUT2D eigenvalue weighted by molar-refractivity contribution is 5.79. The summed E-state index contributed by atoms with van der Waals surface area (Å²) in [4.78, 5) is 21.7. The van der Waals surface area contributed by atoms with E-state index in [9.17, 15) is 4.79 Å². The molecule has 4 nitrogen and oxygen atoms in total. The molecule has 4 heteroatoms. The van der Waals surface area contributed by atoms with E-state index in [1.54, 1.807) is 0 Å². The van der Waals surface area contributed by atoms with Gasteiger partial charge in [0.15, 0.2) is 0 Å². The third kappa shape index (κ3) is 2.89. The number of hydrogen-bond donors (Lipinski definition) is 0. The molecule has 22 heavy (non-hydrogen) atoms. The second-order valence-electron chi connectivity index (χ2n) is 7.10. The number of rotatable bonds is 3. The Labute approximate surface area is 133 Å². The van der Waals surface area contributed by atoms with E-state index in [0.717, 1.165) is 43.7 Å². The number of amides is 1. The standard InChI is InChI=1S/C18H27N3O/c1-14(2)20-11-9-18(10-12-20)8-7-17(22)21(18)13-16-6-4-5-15(3)19-16/h4-6,14H,7-13H2,1-3H3. The molecule has 0 atom stereocenters. The second kappa shape index (κ2) is 5.99. The van der Waals surface area contributed by atoms with Crippen molar-refractivity contribution < 1.29 is 4.79 Å². The molecule has 0 aliphatic carbocycles. The van der Waals surface area contributed by atoms with Gasteiger partial charge >= 0.3 is 0 Å². The first kappa shape index (κ1) is 15.5. The van der Waals surface area contributed by atoms with Gasteiger partial charge in [-0.3, -0.25) is 9.78 Å². The quantitative estimate of drug-likeness (QED) is 0.861. The van der Waals surface area contributed by atoms with Crippen LogP contribution in [-0.2, 0) is 11.3 Å². The van der Waals surface area contributed by atoms with Gasteiger partial charge in [-0.1, -0.05) is 6.07 Å². The minimum Gasteiger partial charge on any atom is -0.331 e. The Morgan fingerprint density at radius 1 is 1.23 bits per heavy atom. The Hall–Kier alpha value is -1.42. The predicted molar refractivity (Wildman–Crippen MR) is 87.4 cm³/mol. The van der Waals surface area contributed by atoms with E-state index in [1.807, 2.05) is 25.1 Å². The molecule has 120 valence electrons. The second-order valence-corrected chi connectivity index (χ2v) is 7.10. The molecule has 2 fully saturated rings. The Morgan fingerprint density at radius 2 is 1.95 bits per heavy atom. The average Bonchev–Trinajstić information content (AvgIpc) is 2.77. The first-order valence-corrected chi connectivity index (χ1v) is 8.47. The van der Waals surface area contributed by atoms with Gasteiger partial charge in [-0.15, -0.1) is 0 Å². The highest BCUT2D eigenvalue weighted by Crippen LogP contribution is 2.40. The van der Waals surface area contributed by atoms with E-state index in [0.29, 0.717) is 24.9 Å². The molecule has 3 rings (SSSR count).